The summed E-state index contributed by atoms with van der Waals surface area (Å²) in [6, 6.07) is 4.81. The summed E-state index contributed by atoms with van der Waals surface area (Å²) in [6.45, 7) is 0. The zero-order valence-corrected chi connectivity index (χ0v) is 10.3. The molecule has 16 heavy (non-hydrogen) atoms. The van der Waals surface area contributed by atoms with Gasteiger partial charge in [-0.3, -0.25) is 0 Å². The Morgan fingerprint density at radius 1 is 1.31 bits per heavy atom. The Morgan fingerprint density at radius 3 is 2.56 bits per heavy atom. The number of pyridine rings is 1. The van der Waals surface area contributed by atoms with Crippen molar-refractivity contribution in [1.29, 1.82) is 0 Å². The first kappa shape index (κ1) is 11.7. The summed E-state index contributed by atoms with van der Waals surface area (Å²) in [7, 11) is 2.09. The van der Waals surface area contributed by atoms with Crippen LogP contribution in [0.4, 0.5) is 5.82 Å². The summed E-state index contributed by atoms with van der Waals surface area (Å²) in [5.74, 6) is 0.991. The van der Waals surface area contributed by atoms with Gasteiger partial charge in [0.25, 0.3) is 0 Å². The van der Waals surface area contributed by atoms with E-state index in [0.717, 1.165) is 31.5 Å². The van der Waals surface area contributed by atoms with Crippen molar-refractivity contribution in [2.24, 2.45) is 5.73 Å². The van der Waals surface area contributed by atoms with Crippen molar-refractivity contribution in [1.82, 2.24) is 4.98 Å². The SMILES string of the molecule is CN(c1ccc(Cl)cn1)C1CCC(N)CC1. The Morgan fingerprint density at radius 2 is 2.00 bits per heavy atom. The summed E-state index contributed by atoms with van der Waals surface area (Å²) in [6.07, 6.45) is 6.23. The fraction of sp³-hybridized carbons (Fsp3) is 0.583. The van der Waals surface area contributed by atoms with Crippen LogP contribution >= 0.6 is 11.6 Å². The van der Waals surface area contributed by atoms with Gasteiger partial charge in [0, 0.05) is 25.3 Å². The third kappa shape index (κ3) is 2.66. The summed E-state index contributed by atoms with van der Waals surface area (Å²) >= 11 is 5.82. The molecule has 1 aromatic heterocycles. The van der Waals surface area contributed by atoms with Crippen LogP contribution in [0.2, 0.25) is 5.02 Å². The Balaban J connectivity index is 2.01. The fourth-order valence-electron chi connectivity index (χ4n) is 2.25. The van der Waals surface area contributed by atoms with Crippen LogP contribution in [0.15, 0.2) is 18.3 Å². The minimum Gasteiger partial charge on any atom is -0.357 e. The molecule has 1 fully saturated rings. The second-order valence-electron chi connectivity index (χ2n) is 4.51. The van der Waals surface area contributed by atoms with Gasteiger partial charge >= 0.3 is 0 Å². The fourth-order valence-corrected chi connectivity index (χ4v) is 2.36. The second-order valence-corrected chi connectivity index (χ2v) is 4.95. The maximum atomic E-state index is 5.90. The van der Waals surface area contributed by atoms with Gasteiger partial charge < -0.3 is 10.6 Å². The molecule has 2 N–H and O–H groups in total. The number of aromatic nitrogens is 1. The van der Waals surface area contributed by atoms with E-state index in [1.165, 1.54) is 0 Å². The lowest BCUT2D eigenvalue weighted by Gasteiger charge is -2.34. The first-order valence-corrected chi connectivity index (χ1v) is 6.14. The van der Waals surface area contributed by atoms with E-state index in [-0.39, 0.29) is 0 Å². The highest BCUT2D eigenvalue weighted by Crippen LogP contribution is 2.24. The lowest BCUT2D eigenvalue weighted by Crippen LogP contribution is -2.39. The molecule has 4 heteroatoms. The van der Waals surface area contributed by atoms with Gasteiger partial charge in [-0.25, -0.2) is 4.98 Å². The average Bonchev–Trinajstić information content (AvgIpc) is 2.30. The number of nitrogens with two attached hydrogens (primary N) is 1. The van der Waals surface area contributed by atoms with Crippen molar-refractivity contribution >= 4 is 17.4 Å². The van der Waals surface area contributed by atoms with Crippen LogP contribution in [0.5, 0.6) is 0 Å². The van der Waals surface area contributed by atoms with Crippen molar-refractivity contribution in [2.45, 2.75) is 37.8 Å². The van der Waals surface area contributed by atoms with E-state index in [1.54, 1.807) is 6.20 Å². The quantitative estimate of drug-likeness (QED) is 0.862. The Kier molecular flexibility index (Phi) is 3.66. The molecule has 2 rings (SSSR count). The van der Waals surface area contributed by atoms with E-state index >= 15 is 0 Å². The Bertz CT molecular complexity index is 331. The average molecular weight is 240 g/mol. The van der Waals surface area contributed by atoms with Crippen molar-refractivity contribution < 1.29 is 0 Å². The van der Waals surface area contributed by atoms with Crippen LogP contribution in [-0.4, -0.2) is 24.1 Å². The first-order chi connectivity index (χ1) is 7.66. The van der Waals surface area contributed by atoms with Gasteiger partial charge in [0.1, 0.15) is 5.82 Å². The van der Waals surface area contributed by atoms with Gasteiger partial charge in [-0.2, -0.15) is 0 Å². The Hall–Kier alpha value is -0.800. The van der Waals surface area contributed by atoms with Crippen LogP contribution < -0.4 is 10.6 Å². The van der Waals surface area contributed by atoms with Gasteiger partial charge in [0.05, 0.1) is 5.02 Å². The highest BCUT2D eigenvalue weighted by Gasteiger charge is 2.22. The topological polar surface area (TPSA) is 42.2 Å². The van der Waals surface area contributed by atoms with E-state index in [0.29, 0.717) is 17.1 Å². The Labute approximate surface area is 102 Å². The van der Waals surface area contributed by atoms with E-state index < -0.39 is 0 Å². The van der Waals surface area contributed by atoms with Gasteiger partial charge in [-0.05, 0) is 37.8 Å². The molecule has 1 heterocycles. The third-order valence-electron chi connectivity index (χ3n) is 3.36. The molecule has 0 aliphatic heterocycles. The molecule has 0 bridgehead atoms. The van der Waals surface area contributed by atoms with E-state index in [1.807, 2.05) is 12.1 Å². The maximum absolute atomic E-state index is 5.90. The number of halogens is 1. The largest absolute Gasteiger partial charge is 0.357 e. The predicted molar refractivity (Wildman–Crippen MR) is 67.9 cm³/mol. The van der Waals surface area contributed by atoms with Crippen LogP contribution in [0, 0.1) is 0 Å². The molecule has 0 amide bonds. The zero-order chi connectivity index (χ0) is 11.5. The summed E-state index contributed by atoms with van der Waals surface area (Å²) in [5, 5.41) is 0.683. The molecule has 0 unspecified atom stereocenters. The highest BCUT2D eigenvalue weighted by molar-refractivity contribution is 6.30. The molecule has 3 nitrogen and oxygen atoms in total. The van der Waals surface area contributed by atoms with Gasteiger partial charge in [-0.1, -0.05) is 11.6 Å². The minimum atomic E-state index is 0.392. The van der Waals surface area contributed by atoms with E-state index in [4.69, 9.17) is 17.3 Å². The molecule has 1 aliphatic rings. The third-order valence-corrected chi connectivity index (χ3v) is 3.59. The summed E-state index contributed by atoms with van der Waals surface area (Å²) in [5.41, 5.74) is 5.90. The van der Waals surface area contributed by atoms with Gasteiger partial charge in [0.15, 0.2) is 0 Å². The van der Waals surface area contributed by atoms with E-state index in [2.05, 4.69) is 16.9 Å². The molecule has 1 aliphatic carbocycles. The molecule has 0 spiro atoms. The molecule has 88 valence electrons. The molecule has 0 radical (unpaired) electrons. The lowest BCUT2D eigenvalue weighted by molar-refractivity contribution is 0.384. The smallest absolute Gasteiger partial charge is 0.128 e. The van der Waals surface area contributed by atoms with Gasteiger partial charge in [-0.15, -0.1) is 0 Å². The predicted octanol–water partition coefficient (Wildman–Crippen LogP) is 2.44. The molecule has 0 saturated heterocycles. The van der Waals surface area contributed by atoms with Crippen LogP contribution in [0.1, 0.15) is 25.7 Å². The molecular weight excluding hydrogens is 222 g/mol. The van der Waals surface area contributed by atoms with Crippen LogP contribution in [0.25, 0.3) is 0 Å². The first-order valence-electron chi connectivity index (χ1n) is 5.77. The van der Waals surface area contributed by atoms with Crippen molar-refractivity contribution in [3.63, 3.8) is 0 Å². The molecule has 1 aromatic rings. The van der Waals surface area contributed by atoms with E-state index in [9.17, 15) is 0 Å². The van der Waals surface area contributed by atoms with Crippen LogP contribution in [-0.2, 0) is 0 Å². The number of anilines is 1. The number of hydrogen-bond donors (Lipinski definition) is 1. The van der Waals surface area contributed by atoms with Crippen LogP contribution in [0.3, 0.4) is 0 Å². The number of nitrogens with zero attached hydrogens (tertiary/aromatic N) is 2. The van der Waals surface area contributed by atoms with Crippen molar-refractivity contribution in [3.8, 4) is 0 Å². The summed E-state index contributed by atoms with van der Waals surface area (Å²) < 4.78 is 0. The standard InChI is InChI=1S/C12H18ClN3/c1-16(11-5-3-10(14)4-6-11)12-7-2-9(13)8-15-12/h2,7-8,10-11H,3-6,14H2,1H3. The summed E-state index contributed by atoms with van der Waals surface area (Å²) in [4.78, 5) is 6.57. The normalized spacial score (nSPS) is 25.4. The maximum Gasteiger partial charge on any atom is 0.128 e. The van der Waals surface area contributed by atoms with Crippen molar-refractivity contribution in [3.05, 3.63) is 23.4 Å². The van der Waals surface area contributed by atoms with Gasteiger partial charge in [0.2, 0.25) is 0 Å². The molecular formula is C12H18ClN3. The monoisotopic (exact) mass is 239 g/mol. The molecule has 0 atom stereocenters. The molecule has 0 aromatic carbocycles. The zero-order valence-electron chi connectivity index (χ0n) is 9.56. The molecule has 1 saturated carbocycles. The second kappa shape index (κ2) is 5.02. The lowest BCUT2D eigenvalue weighted by atomic mass is 9.91. The highest BCUT2D eigenvalue weighted by atomic mass is 35.5. The van der Waals surface area contributed by atoms with Crippen molar-refractivity contribution in [2.75, 3.05) is 11.9 Å². The number of hydrogen-bond acceptors (Lipinski definition) is 3. The number of rotatable bonds is 2. The minimum absolute atomic E-state index is 0.392.